The molecule has 5 heteroatoms. The van der Waals surface area contributed by atoms with Crippen molar-refractivity contribution in [3.63, 3.8) is 0 Å². The molecule has 0 fully saturated rings. The average Bonchev–Trinajstić information content (AvgIpc) is 2.30. The molecule has 1 aromatic heterocycles. The lowest BCUT2D eigenvalue weighted by molar-refractivity contribution is 0.627. The second kappa shape index (κ2) is 5.44. The first-order chi connectivity index (χ1) is 8.63. The number of halogens is 1. The summed E-state index contributed by atoms with van der Waals surface area (Å²) < 4.78 is 12.7. The molecule has 0 aliphatic heterocycles. The molecule has 18 heavy (non-hydrogen) atoms. The first kappa shape index (κ1) is 12.3. The summed E-state index contributed by atoms with van der Waals surface area (Å²) >= 11 is 0. The van der Waals surface area contributed by atoms with E-state index in [0.29, 0.717) is 18.2 Å². The van der Waals surface area contributed by atoms with E-state index >= 15 is 0 Å². The van der Waals surface area contributed by atoms with E-state index in [9.17, 15) is 9.18 Å². The van der Waals surface area contributed by atoms with Crippen LogP contribution >= 0.6 is 0 Å². The van der Waals surface area contributed by atoms with Gasteiger partial charge in [-0.3, -0.25) is 9.78 Å². The average molecular weight is 247 g/mol. The lowest BCUT2D eigenvalue weighted by atomic mass is 10.1. The Morgan fingerprint density at radius 2 is 2.06 bits per heavy atom. The first-order valence-electron chi connectivity index (χ1n) is 5.70. The predicted octanol–water partition coefficient (Wildman–Crippen LogP) is 1.87. The van der Waals surface area contributed by atoms with Crippen LogP contribution in [0.4, 0.5) is 10.3 Å². The zero-order valence-corrected chi connectivity index (χ0v) is 10.0. The molecule has 2 rings (SSSR count). The van der Waals surface area contributed by atoms with E-state index in [1.165, 1.54) is 18.2 Å². The Kier molecular flexibility index (Phi) is 3.72. The molecule has 0 amide bonds. The number of anilines is 1. The van der Waals surface area contributed by atoms with Crippen LogP contribution in [0.25, 0.3) is 0 Å². The van der Waals surface area contributed by atoms with Crippen molar-refractivity contribution in [3.05, 3.63) is 57.8 Å². The summed E-state index contributed by atoms with van der Waals surface area (Å²) in [5, 5.41) is 3.03. The van der Waals surface area contributed by atoms with Crippen LogP contribution in [0.1, 0.15) is 11.3 Å². The lowest BCUT2D eigenvalue weighted by Gasteiger charge is -2.05. The molecule has 0 unspecified atom stereocenters. The van der Waals surface area contributed by atoms with Crippen LogP contribution in [0.5, 0.6) is 0 Å². The molecular weight excluding hydrogens is 233 g/mol. The van der Waals surface area contributed by atoms with Gasteiger partial charge >= 0.3 is 0 Å². The van der Waals surface area contributed by atoms with E-state index in [1.807, 2.05) is 0 Å². The van der Waals surface area contributed by atoms with Crippen molar-refractivity contribution in [2.45, 2.75) is 13.3 Å². The molecule has 0 atom stereocenters. The maximum Gasteiger partial charge on any atom is 0.252 e. The maximum absolute atomic E-state index is 12.7. The Labute approximate surface area is 104 Å². The molecule has 1 heterocycles. The molecule has 2 aromatic rings. The summed E-state index contributed by atoms with van der Waals surface area (Å²) in [6.07, 6.45) is 0.734. The number of aromatic nitrogens is 2. The van der Waals surface area contributed by atoms with Crippen LogP contribution in [0.3, 0.4) is 0 Å². The van der Waals surface area contributed by atoms with Crippen LogP contribution < -0.4 is 10.9 Å². The molecule has 0 aliphatic carbocycles. The van der Waals surface area contributed by atoms with E-state index in [4.69, 9.17) is 0 Å². The Balaban J connectivity index is 1.92. The summed E-state index contributed by atoms with van der Waals surface area (Å²) in [4.78, 5) is 18.0. The summed E-state index contributed by atoms with van der Waals surface area (Å²) in [5.74, 6) is 0.221. The van der Waals surface area contributed by atoms with Gasteiger partial charge in [0.15, 0.2) is 0 Å². The van der Waals surface area contributed by atoms with E-state index in [0.717, 1.165) is 12.0 Å². The standard InChI is InChI=1S/C13H14FN3O/c1-9-8-12(18)17-13(16-9)15-7-6-10-2-4-11(14)5-3-10/h2-5,8H,6-7H2,1H3,(H2,15,16,17,18). The van der Waals surface area contributed by atoms with E-state index < -0.39 is 0 Å². The van der Waals surface area contributed by atoms with Gasteiger partial charge in [-0.2, -0.15) is 0 Å². The molecule has 0 aliphatic rings. The third-order valence-electron chi connectivity index (χ3n) is 2.49. The van der Waals surface area contributed by atoms with Crippen molar-refractivity contribution in [3.8, 4) is 0 Å². The van der Waals surface area contributed by atoms with Crippen LogP contribution in [0.2, 0.25) is 0 Å². The number of aryl methyl sites for hydroxylation is 1. The number of nitrogens with one attached hydrogen (secondary N) is 2. The smallest absolute Gasteiger partial charge is 0.252 e. The molecule has 0 spiro atoms. The van der Waals surface area contributed by atoms with Crippen molar-refractivity contribution >= 4 is 5.95 Å². The molecule has 4 nitrogen and oxygen atoms in total. The summed E-state index contributed by atoms with van der Waals surface area (Å²) in [6.45, 7) is 2.39. The molecule has 0 saturated carbocycles. The number of aromatic amines is 1. The second-order valence-electron chi connectivity index (χ2n) is 4.04. The van der Waals surface area contributed by atoms with Gasteiger partial charge in [0.2, 0.25) is 5.95 Å². The summed E-state index contributed by atoms with van der Waals surface area (Å²) in [5.41, 5.74) is 1.52. The maximum atomic E-state index is 12.7. The van der Waals surface area contributed by atoms with Gasteiger partial charge in [0.25, 0.3) is 5.56 Å². The Bertz CT molecular complexity index is 578. The van der Waals surface area contributed by atoms with Crippen LogP contribution in [-0.4, -0.2) is 16.5 Å². The minimum absolute atomic E-state index is 0.174. The van der Waals surface area contributed by atoms with Crippen molar-refractivity contribution in [2.75, 3.05) is 11.9 Å². The topological polar surface area (TPSA) is 57.8 Å². The third-order valence-corrected chi connectivity index (χ3v) is 2.49. The zero-order chi connectivity index (χ0) is 13.0. The van der Waals surface area contributed by atoms with Crippen LogP contribution in [0, 0.1) is 12.7 Å². The highest BCUT2D eigenvalue weighted by Gasteiger charge is 1.98. The molecule has 2 N–H and O–H groups in total. The lowest BCUT2D eigenvalue weighted by Crippen LogP contribution is -2.14. The number of hydrogen-bond acceptors (Lipinski definition) is 3. The van der Waals surface area contributed by atoms with Gasteiger partial charge < -0.3 is 5.32 Å². The third kappa shape index (κ3) is 3.41. The van der Waals surface area contributed by atoms with Crippen molar-refractivity contribution in [1.29, 1.82) is 0 Å². The minimum atomic E-state index is -0.239. The largest absolute Gasteiger partial charge is 0.355 e. The quantitative estimate of drug-likeness (QED) is 0.867. The Hall–Kier alpha value is -2.17. The number of rotatable bonds is 4. The zero-order valence-electron chi connectivity index (χ0n) is 10.0. The SMILES string of the molecule is Cc1cc(=O)[nH]c(NCCc2ccc(F)cc2)n1. The molecule has 0 saturated heterocycles. The molecule has 1 aromatic carbocycles. The normalized spacial score (nSPS) is 10.3. The van der Waals surface area contributed by atoms with E-state index in [-0.39, 0.29) is 11.4 Å². The van der Waals surface area contributed by atoms with Crippen molar-refractivity contribution < 1.29 is 4.39 Å². The van der Waals surface area contributed by atoms with Crippen molar-refractivity contribution in [2.24, 2.45) is 0 Å². The van der Waals surface area contributed by atoms with Gasteiger partial charge in [0, 0.05) is 18.3 Å². The molecule has 94 valence electrons. The molecule has 0 bridgehead atoms. The minimum Gasteiger partial charge on any atom is -0.355 e. The van der Waals surface area contributed by atoms with Gasteiger partial charge in [-0.25, -0.2) is 9.37 Å². The van der Waals surface area contributed by atoms with Crippen molar-refractivity contribution in [1.82, 2.24) is 9.97 Å². The van der Waals surface area contributed by atoms with Crippen LogP contribution in [0.15, 0.2) is 35.1 Å². The van der Waals surface area contributed by atoms with Gasteiger partial charge in [-0.15, -0.1) is 0 Å². The molecular formula is C13H14FN3O. The highest BCUT2D eigenvalue weighted by Crippen LogP contribution is 2.04. The Morgan fingerprint density at radius 3 is 2.72 bits per heavy atom. The fourth-order valence-electron chi connectivity index (χ4n) is 1.64. The second-order valence-corrected chi connectivity index (χ2v) is 4.04. The number of hydrogen-bond donors (Lipinski definition) is 2. The Morgan fingerprint density at radius 1 is 1.33 bits per heavy atom. The number of benzene rings is 1. The van der Waals surface area contributed by atoms with Gasteiger partial charge in [0.1, 0.15) is 5.82 Å². The van der Waals surface area contributed by atoms with Gasteiger partial charge in [0.05, 0.1) is 0 Å². The fraction of sp³-hybridized carbons (Fsp3) is 0.231. The molecule has 0 radical (unpaired) electrons. The van der Waals surface area contributed by atoms with E-state index in [2.05, 4.69) is 15.3 Å². The van der Waals surface area contributed by atoms with E-state index in [1.54, 1.807) is 19.1 Å². The highest BCUT2D eigenvalue weighted by atomic mass is 19.1. The summed E-state index contributed by atoms with van der Waals surface area (Å²) in [6, 6.07) is 7.78. The van der Waals surface area contributed by atoms with Crippen LogP contribution in [-0.2, 0) is 6.42 Å². The first-order valence-corrected chi connectivity index (χ1v) is 5.70. The monoisotopic (exact) mass is 247 g/mol. The summed E-state index contributed by atoms with van der Waals surface area (Å²) in [7, 11) is 0. The number of H-pyrrole nitrogens is 1. The highest BCUT2D eigenvalue weighted by molar-refractivity contribution is 5.26. The fourth-order valence-corrected chi connectivity index (χ4v) is 1.64. The van der Waals surface area contributed by atoms with Gasteiger partial charge in [-0.1, -0.05) is 12.1 Å². The number of nitrogens with zero attached hydrogens (tertiary/aromatic N) is 1. The predicted molar refractivity (Wildman–Crippen MR) is 68.2 cm³/mol. The van der Waals surface area contributed by atoms with Gasteiger partial charge in [-0.05, 0) is 31.0 Å².